The van der Waals surface area contributed by atoms with E-state index in [9.17, 15) is 9.59 Å². The van der Waals surface area contributed by atoms with E-state index < -0.39 is 0 Å². The van der Waals surface area contributed by atoms with E-state index in [1.165, 1.54) is 0 Å². The van der Waals surface area contributed by atoms with E-state index >= 15 is 0 Å². The van der Waals surface area contributed by atoms with Crippen molar-refractivity contribution < 1.29 is 9.53 Å². The van der Waals surface area contributed by atoms with Crippen molar-refractivity contribution in [3.8, 4) is 5.75 Å². The number of likely N-dealkylation sites (tertiary alicyclic amines) is 1. The lowest BCUT2D eigenvalue weighted by Crippen LogP contribution is -2.44. The number of hydrogen-bond donors (Lipinski definition) is 1. The first-order valence-electron chi connectivity index (χ1n) is 14.5. The van der Waals surface area contributed by atoms with Crippen LogP contribution in [0.2, 0.25) is 0 Å². The number of rotatable bonds is 10. The van der Waals surface area contributed by atoms with Crippen LogP contribution in [0.1, 0.15) is 61.1 Å². The van der Waals surface area contributed by atoms with Gasteiger partial charge in [-0.15, -0.1) is 0 Å². The van der Waals surface area contributed by atoms with E-state index in [0.29, 0.717) is 19.7 Å². The van der Waals surface area contributed by atoms with Gasteiger partial charge in [0.25, 0.3) is 5.91 Å². The number of carbonyl (C=O) groups is 1. The molecule has 4 aromatic rings. The fraction of sp³-hybridized carbons (Fsp3) is 0.394. The van der Waals surface area contributed by atoms with Crippen molar-refractivity contribution >= 4 is 16.9 Å². The van der Waals surface area contributed by atoms with Crippen LogP contribution in [0.3, 0.4) is 0 Å². The molecule has 0 radical (unpaired) electrons. The molecule has 1 fully saturated rings. The Balaban J connectivity index is 1.17. The predicted octanol–water partition coefficient (Wildman–Crippen LogP) is 5.51. The van der Waals surface area contributed by atoms with Gasteiger partial charge in [0, 0.05) is 50.2 Å². The highest BCUT2D eigenvalue weighted by Crippen LogP contribution is 2.27. The van der Waals surface area contributed by atoms with Crippen LogP contribution in [-0.4, -0.2) is 64.1 Å². The minimum atomic E-state index is -0.0160. The van der Waals surface area contributed by atoms with Gasteiger partial charge in [-0.3, -0.25) is 14.3 Å². The smallest absolute Gasteiger partial charge is 0.326 e. The summed E-state index contributed by atoms with van der Waals surface area (Å²) >= 11 is 0. The number of imidazole rings is 1. The van der Waals surface area contributed by atoms with Crippen LogP contribution in [-0.2, 0) is 6.42 Å². The van der Waals surface area contributed by atoms with Gasteiger partial charge < -0.3 is 14.6 Å². The number of nitrogens with zero attached hydrogens (tertiary/aromatic N) is 3. The molecule has 0 saturated carbocycles. The van der Waals surface area contributed by atoms with Gasteiger partial charge in [-0.05, 0) is 75.1 Å². The Morgan fingerprint density at radius 3 is 2.38 bits per heavy atom. The number of piperidine rings is 1. The highest BCUT2D eigenvalue weighted by atomic mass is 16.5. The van der Waals surface area contributed by atoms with Crippen molar-refractivity contribution in [2.45, 2.75) is 52.1 Å². The lowest BCUT2D eigenvalue weighted by atomic mass is 10.0. The van der Waals surface area contributed by atoms with Crippen molar-refractivity contribution in [1.82, 2.24) is 19.4 Å². The van der Waals surface area contributed by atoms with Crippen LogP contribution in [0, 0.1) is 0 Å². The quantitative estimate of drug-likeness (QED) is 0.288. The molecular formula is C33H40N4O3. The predicted molar refractivity (Wildman–Crippen MR) is 160 cm³/mol. The first kappa shape index (κ1) is 27.7. The highest BCUT2D eigenvalue weighted by molar-refractivity contribution is 5.94. The van der Waals surface area contributed by atoms with Crippen LogP contribution < -0.4 is 10.4 Å². The fourth-order valence-corrected chi connectivity index (χ4v) is 5.81. The van der Waals surface area contributed by atoms with E-state index in [-0.39, 0.29) is 23.7 Å². The molecule has 0 aliphatic carbocycles. The fourth-order valence-electron chi connectivity index (χ4n) is 5.81. The maximum absolute atomic E-state index is 12.6. The SMILES string of the molecule is CCN(CC)C(=O)c1ccc(Cc2ccccc2OC[C@H](C)N2CCC(n3c(=O)[nH]c4ccccc43)CC2)cc1. The van der Waals surface area contributed by atoms with Crippen LogP contribution in [0.4, 0.5) is 0 Å². The lowest BCUT2D eigenvalue weighted by Gasteiger charge is -2.36. The molecule has 1 N–H and O–H groups in total. The van der Waals surface area contributed by atoms with Gasteiger partial charge in [-0.25, -0.2) is 4.79 Å². The van der Waals surface area contributed by atoms with E-state index in [1.807, 2.05) is 90.0 Å². The average molecular weight is 541 g/mol. The Labute approximate surface area is 236 Å². The second-order valence-corrected chi connectivity index (χ2v) is 10.7. The van der Waals surface area contributed by atoms with Crippen LogP contribution in [0.25, 0.3) is 11.0 Å². The molecule has 1 aliphatic rings. The lowest BCUT2D eigenvalue weighted by molar-refractivity contribution is 0.0773. The van der Waals surface area contributed by atoms with Gasteiger partial charge >= 0.3 is 5.69 Å². The number of H-pyrrole nitrogens is 1. The van der Waals surface area contributed by atoms with E-state index in [1.54, 1.807) is 0 Å². The van der Waals surface area contributed by atoms with Gasteiger partial charge in [0.05, 0.1) is 11.0 Å². The highest BCUT2D eigenvalue weighted by Gasteiger charge is 2.26. The summed E-state index contributed by atoms with van der Waals surface area (Å²) in [7, 11) is 0. The number of ether oxygens (including phenoxy) is 1. The summed E-state index contributed by atoms with van der Waals surface area (Å²) in [5.74, 6) is 0.977. The Hall–Kier alpha value is -3.84. The molecule has 40 heavy (non-hydrogen) atoms. The van der Waals surface area contributed by atoms with Gasteiger partial charge in [0.2, 0.25) is 0 Å². The zero-order chi connectivity index (χ0) is 28.1. The first-order chi connectivity index (χ1) is 19.5. The molecular weight excluding hydrogens is 500 g/mol. The summed E-state index contributed by atoms with van der Waals surface area (Å²) in [5.41, 5.74) is 4.88. The van der Waals surface area contributed by atoms with Gasteiger partial charge in [-0.2, -0.15) is 0 Å². The zero-order valence-electron chi connectivity index (χ0n) is 23.8. The second kappa shape index (κ2) is 12.6. The third kappa shape index (κ3) is 5.99. The van der Waals surface area contributed by atoms with E-state index in [4.69, 9.17) is 4.74 Å². The minimum Gasteiger partial charge on any atom is -0.492 e. The van der Waals surface area contributed by atoms with Gasteiger partial charge in [0.1, 0.15) is 12.4 Å². The molecule has 1 atom stereocenters. The minimum absolute atomic E-state index is 0.0160. The number of carbonyl (C=O) groups excluding carboxylic acids is 1. The maximum Gasteiger partial charge on any atom is 0.326 e. The van der Waals surface area contributed by atoms with Crippen molar-refractivity contribution in [3.63, 3.8) is 0 Å². The number of para-hydroxylation sites is 3. The summed E-state index contributed by atoms with van der Waals surface area (Å²) in [6.45, 7) is 10.1. The Morgan fingerprint density at radius 1 is 0.975 bits per heavy atom. The Kier molecular flexibility index (Phi) is 8.70. The molecule has 7 heteroatoms. The summed E-state index contributed by atoms with van der Waals surface area (Å²) in [6.07, 6.45) is 2.62. The topological polar surface area (TPSA) is 70.6 Å². The molecule has 1 aromatic heterocycles. The van der Waals surface area contributed by atoms with Crippen molar-refractivity contribution in [3.05, 3.63) is 100.0 Å². The van der Waals surface area contributed by atoms with E-state index in [2.05, 4.69) is 22.9 Å². The number of benzene rings is 3. The van der Waals surface area contributed by atoms with E-state index in [0.717, 1.165) is 65.8 Å². The average Bonchev–Trinajstić information content (AvgIpc) is 3.33. The number of hydrogen-bond acceptors (Lipinski definition) is 4. The number of amides is 1. The molecule has 1 aliphatic heterocycles. The van der Waals surface area contributed by atoms with Crippen molar-refractivity contribution in [1.29, 1.82) is 0 Å². The van der Waals surface area contributed by atoms with Crippen LogP contribution in [0.15, 0.2) is 77.6 Å². The molecule has 0 bridgehead atoms. The molecule has 0 spiro atoms. The largest absolute Gasteiger partial charge is 0.492 e. The Morgan fingerprint density at radius 2 is 1.65 bits per heavy atom. The summed E-state index contributed by atoms with van der Waals surface area (Å²) in [5, 5.41) is 0. The summed E-state index contributed by atoms with van der Waals surface area (Å²) in [6, 6.07) is 24.5. The Bertz CT molecular complexity index is 1480. The second-order valence-electron chi connectivity index (χ2n) is 10.7. The van der Waals surface area contributed by atoms with Gasteiger partial charge in [0.15, 0.2) is 0 Å². The number of nitrogens with one attached hydrogen (secondary N) is 1. The summed E-state index contributed by atoms with van der Waals surface area (Å²) < 4.78 is 8.30. The molecule has 0 unspecified atom stereocenters. The first-order valence-corrected chi connectivity index (χ1v) is 14.5. The standard InChI is InChI=1S/C33H40N4O3/c1-4-35(5-2)32(38)26-16-14-25(15-17-26)22-27-10-6-9-13-31(27)40-23-24(3)36-20-18-28(19-21-36)37-30-12-8-7-11-29(30)34-33(37)39/h6-17,24,28H,4-5,18-23H2,1-3H3,(H,34,39)/t24-/m0/s1. The number of fused-ring (bicyclic) bond motifs is 1. The third-order valence-corrected chi connectivity index (χ3v) is 8.21. The zero-order valence-corrected chi connectivity index (χ0v) is 23.8. The third-order valence-electron chi connectivity index (χ3n) is 8.21. The molecule has 5 rings (SSSR count). The summed E-state index contributed by atoms with van der Waals surface area (Å²) in [4.78, 5) is 32.6. The molecule has 210 valence electrons. The molecule has 1 amide bonds. The maximum atomic E-state index is 12.6. The normalized spacial score (nSPS) is 15.3. The van der Waals surface area contributed by atoms with Crippen LogP contribution in [0.5, 0.6) is 5.75 Å². The van der Waals surface area contributed by atoms with Crippen LogP contribution >= 0.6 is 0 Å². The molecule has 1 saturated heterocycles. The monoisotopic (exact) mass is 540 g/mol. The van der Waals surface area contributed by atoms with Gasteiger partial charge in [-0.1, -0.05) is 42.5 Å². The number of aromatic nitrogens is 2. The van der Waals surface area contributed by atoms with Crippen molar-refractivity contribution in [2.75, 3.05) is 32.8 Å². The molecule has 7 nitrogen and oxygen atoms in total. The number of aromatic amines is 1. The molecule has 3 aromatic carbocycles. The molecule has 2 heterocycles. The van der Waals surface area contributed by atoms with Crippen molar-refractivity contribution in [2.24, 2.45) is 0 Å².